The molecule has 0 aliphatic carbocycles. The molecule has 0 radical (unpaired) electrons. The average Bonchev–Trinajstić information content (AvgIpc) is 4.26. The van der Waals surface area contributed by atoms with Gasteiger partial charge in [-0.05, 0) is 154 Å². The van der Waals surface area contributed by atoms with Gasteiger partial charge in [0.1, 0.15) is 0 Å². The van der Waals surface area contributed by atoms with Gasteiger partial charge in [-0.25, -0.2) is 0 Å². The Bertz CT molecular complexity index is 5030. The molecule has 2 nitrogen and oxygen atoms in total. The summed E-state index contributed by atoms with van der Waals surface area (Å²) in [5.74, 6) is 0. The number of nitrogens with zero attached hydrogens (tertiary/aromatic N) is 2. The van der Waals surface area contributed by atoms with E-state index in [1.807, 2.05) is 0 Å². The van der Waals surface area contributed by atoms with Crippen LogP contribution in [0, 0.1) is 0 Å². The molecule has 0 saturated heterocycles. The molecule has 0 spiro atoms. The van der Waals surface area contributed by atoms with Crippen molar-refractivity contribution in [3.8, 4) is 106 Å². The van der Waals surface area contributed by atoms with Gasteiger partial charge in [0, 0.05) is 43.8 Å². The van der Waals surface area contributed by atoms with Crippen LogP contribution in [0.15, 0.2) is 297 Å². The lowest BCUT2D eigenvalue weighted by atomic mass is 9.45. The topological polar surface area (TPSA) is 9.86 Å². The summed E-state index contributed by atoms with van der Waals surface area (Å²) in [6.07, 6.45) is 0. The van der Waals surface area contributed by atoms with Crippen molar-refractivity contribution in [3.05, 3.63) is 297 Å². The SMILES string of the molecule is c1ccc(-c2ccccc2-c2ccc3c(c2)c2cc(-c4ccccc4-c4ccccc4)cc4c2n3B2c3c-4cccc3-n3c4ccc(-c5ccccc5-c5ccccc5)cc4c4cc(-c5ccccc5-c5ccccc5)cc2c43)cc1. The second kappa shape index (κ2) is 18.0. The van der Waals surface area contributed by atoms with Gasteiger partial charge in [0.05, 0.1) is 11.0 Å². The van der Waals surface area contributed by atoms with Crippen molar-refractivity contribution < 1.29 is 0 Å². The van der Waals surface area contributed by atoms with Crippen LogP contribution >= 0.6 is 0 Å². The zero-order chi connectivity index (χ0) is 53.1. The fourth-order valence-electron chi connectivity index (χ4n) is 14.0. The number of aromatic nitrogens is 2. The molecule has 0 amide bonds. The highest BCUT2D eigenvalue weighted by molar-refractivity contribution is 6.90. The third-order valence-corrected chi connectivity index (χ3v) is 17.5. The monoisotopic (exact) mass is 1020 g/mol. The summed E-state index contributed by atoms with van der Waals surface area (Å²) in [6.45, 7) is -0.143. The van der Waals surface area contributed by atoms with E-state index in [-0.39, 0.29) is 6.85 Å². The minimum atomic E-state index is -0.143. The first-order valence-corrected chi connectivity index (χ1v) is 28.2. The minimum Gasteiger partial charge on any atom is -0.375 e. The first-order chi connectivity index (χ1) is 40.2. The van der Waals surface area contributed by atoms with Crippen LogP contribution in [0.4, 0.5) is 0 Å². The zero-order valence-corrected chi connectivity index (χ0v) is 44.3. The van der Waals surface area contributed by atoms with E-state index < -0.39 is 0 Å². The number of fused-ring (bicyclic) bond motifs is 10. The average molecular weight is 1030 g/mol. The molecule has 4 heterocycles. The largest absolute Gasteiger partial charge is 0.375 e. The second-order valence-corrected chi connectivity index (χ2v) is 21.8. The second-order valence-electron chi connectivity index (χ2n) is 21.8. The van der Waals surface area contributed by atoms with Crippen molar-refractivity contribution in [2.45, 2.75) is 0 Å². The van der Waals surface area contributed by atoms with Gasteiger partial charge in [-0.15, -0.1) is 0 Å². The van der Waals surface area contributed by atoms with Crippen LogP contribution in [0.1, 0.15) is 0 Å². The first kappa shape index (κ1) is 45.5. The van der Waals surface area contributed by atoms with E-state index in [4.69, 9.17) is 0 Å². The van der Waals surface area contributed by atoms with Crippen molar-refractivity contribution in [3.63, 3.8) is 0 Å². The van der Waals surface area contributed by atoms with Gasteiger partial charge in [0.25, 0.3) is 0 Å². The van der Waals surface area contributed by atoms with E-state index >= 15 is 0 Å². The zero-order valence-electron chi connectivity index (χ0n) is 44.3. The minimum absolute atomic E-state index is 0.143. The Balaban J connectivity index is 0.986. The summed E-state index contributed by atoms with van der Waals surface area (Å²) in [6, 6.07) is 111. The highest BCUT2D eigenvalue weighted by atomic mass is 15.0. The molecule has 0 saturated carbocycles. The standard InChI is InChI=1S/C78H49BN2/c1-5-22-50(23-6-1)58-30-13-17-34-62(58)54-40-42-73-67(44-54)71-48-57(65-37-20-16-33-61(65)53-28-11-4-12-29-53)49-72-78(71)80(73)75-39-21-38-66-69-46-56(64-36-19-15-32-60(64)52-26-9-3-10-27-52)47-70-68-45-55(41-43-74(68)81(77(69)70)79(72)76(66)75)63-35-18-14-31-59(63)51-24-7-2-8-25-51/h1-49H. The maximum Gasteiger partial charge on any atom is 0.333 e. The fourth-order valence-corrected chi connectivity index (χ4v) is 14.0. The fraction of sp³-hybridized carbons (Fsp3) is 0. The molecule has 17 rings (SSSR count). The van der Waals surface area contributed by atoms with Crippen LogP contribution in [-0.2, 0) is 0 Å². The van der Waals surface area contributed by atoms with E-state index in [2.05, 4.69) is 306 Å². The van der Waals surface area contributed by atoms with E-state index in [0.29, 0.717) is 0 Å². The molecule has 0 bridgehead atoms. The van der Waals surface area contributed by atoms with Crippen molar-refractivity contribution in [1.82, 2.24) is 9.05 Å². The molecule has 0 atom stereocenters. The number of benzene rings is 13. The van der Waals surface area contributed by atoms with E-state index in [0.717, 1.165) is 0 Å². The predicted octanol–water partition coefficient (Wildman–Crippen LogP) is 19.2. The molecule has 0 N–H and O–H groups in total. The van der Waals surface area contributed by atoms with Crippen LogP contribution in [0.3, 0.4) is 0 Å². The lowest BCUT2D eigenvalue weighted by Gasteiger charge is -2.34. The highest BCUT2D eigenvalue weighted by Crippen LogP contribution is 2.49. The summed E-state index contributed by atoms with van der Waals surface area (Å²) >= 11 is 0. The van der Waals surface area contributed by atoms with Gasteiger partial charge in [0.2, 0.25) is 0 Å². The summed E-state index contributed by atoms with van der Waals surface area (Å²) in [7, 11) is 0. The van der Waals surface area contributed by atoms with Crippen molar-refractivity contribution in [1.29, 1.82) is 0 Å². The van der Waals surface area contributed by atoms with Crippen LogP contribution in [0.25, 0.3) is 149 Å². The third-order valence-electron chi connectivity index (χ3n) is 17.5. The smallest absolute Gasteiger partial charge is 0.333 e. The highest BCUT2D eigenvalue weighted by Gasteiger charge is 2.42. The lowest BCUT2D eigenvalue weighted by Crippen LogP contribution is -2.55. The molecule has 2 aromatic heterocycles. The molecule has 2 aliphatic heterocycles. The molecule has 374 valence electrons. The molecule has 2 aliphatic rings. The summed E-state index contributed by atoms with van der Waals surface area (Å²) in [5.41, 5.74) is 30.7. The summed E-state index contributed by atoms with van der Waals surface area (Å²) < 4.78 is 5.34. The van der Waals surface area contributed by atoms with Crippen LogP contribution in [0.2, 0.25) is 0 Å². The normalized spacial score (nSPS) is 12.2. The summed E-state index contributed by atoms with van der Waals surface area (Å²) in [5, 5.41) is 4.99. The van der Waals surface area contributed by atoms with Gasteiger partial charge in [-0.1, -0.05) is 249 Å². The number of hydrogen-bond donors (Lipinski definition) is 0. The molecule has 0 unspecified atom stereocenters. The molecular weight excluding hydrogens is 976 g/mol. The lowest BCUT2D eigenvalue weighted by molar-refractivity contribution is 1.17. The van der Waals surface area contributed by atoms with Gasteiger partial charge < -0.3 is 9.05 Å². The van der Waals surface area contributed by atoms with Crippen molar-refractivity contribution in [2.75, 3.05) is 0 Å². The quantitative estimate of drug-likeness (QED) is 0.134. The Kier molecular flexibility index (Phi) is 10.1. The summed E-state index contributed by atoms with van der Waals surface area (Å²) in [4.78, 5) is 0. The number of rotatable bonds is 8. The maximum absolute atomic E-state index is 2.73. The Morgan fingerprint density at radius 3 is 1.05 bits per heavy atom. The first-order valence-electron chi connectivity index (χ1n) is 28.2. The van der Waals surface area contributed by atoms with E-state index in [9.17, 15) is 0 Å². The molecule has 81 heavy (non-hydrogen) atoms. The van der Waals surface area contributed by atoms with Crippen molar-refractivity contribution >= 4 is 61.4 Å². The van der Waals surface area contributed by atoms with Gasteiger partial charge in [0.15, 0.2) is 0 Å². The number of hydrogen-bond acceptors (Lipinski definition) is 0. The molecule has 0 fully saturated rings. The Labute approximate surface area is 470 Å². The van der Waals surface area contributed by atoms with Crippen LogP contribution in [0.5, 0.6) is 0 Å². The van der Waals surface area contributed by atoms with Crippen LogP contribution in [-0.4, -0.2) is 15.9 Å². The Morgan fingerprint density at radius 1 is 0.222 bits per heavy atom. The van der Waals surface area contributed by atoms with Gasteiger partial charge in [-0.3, -0.25) is 0 Å². The third kappa shape index (κ3) is 6.95. The molecule has 3 heteroatoms. The Hall–Kier alpha value is -10.5. The van der Waals surface area contributed by atoms with E-state index in [1.165, 1.54) is 160 Å². The van der Waals surface area contributed by atoms with Crippen molar-refractivity contribution in [2.24, 2.45) is 0 Å². The Morgan fingerprint density at radius 2 is 0.580 bits per heavy atom. The molecular formula is C78H49BN2. The van der Waals surface area contributed by atoms with Gasteiger partial charge >= 0.3 is 6.85 Å². The van der Waals surface area contributed by atoms with E-state index in [1.54, 1.807) is 0 Å². The predicted molar refractivity (Wildman–Crippen MR) is 343 cm³/mol. The maximum atomic E-state index is 2.73. The molecule has 15 aromatic rings. The van der Waals surface area contributed by atoms with Crippen LogP contribution < -0.4 is 10.9 Å². The molecule has 13 aromatic carbocycles. The van der Waals surface area contributed by atoms with Gasteiger partial charge in [-0.2, -0.15) is 0 Å².